The lowest BCUT2D eigenvalue weighted by Crippen LogP contribution is -2.37. The molecule has 0 aliphatic carbocycles. The molecule has 0 aliphatic heterocycles. The molecule has 0 atom stereocenters. The van der Waals surface area contributed by atoms with E-state index in [0.29, 0.717) is 0 Å². The van der Waals surface area contributed by atoms with Gasteiger partial charge in [0.2, 0.25) is 5.88 Å². The van der Waals surface area contributed by atoms with Crippen LogP contribution in [0.1, 0.15) is 0 Å². The predicted octanol–water partition coefficient (Wildman–Crippen LogP) is -1.15. The van der Waals surface area contributed by atoms with Gasteiger partial charge in [-0.25, -0.2) is 9.97 Å². The molecule has 1 rings (SSSR count). The Morgan fingerprint density at radius 2 is 2.00 bits per heavy atom. The summed E-state index contributed by atoms with van der Waals surface area (Å²) in [6, 6.07) is 0. The number of alkyl halides is 3. The second kappa shape index (κ2) is 9.95. The van der Waals surface area contributed by atoms with Gasteiger partial charge in [-0.3, -0.25) is 4.72 Å². The highest BCUT2D eigenvalue weighted by atomic mass is 79.9. The van der Waals surface area contributed by atoms with Crippen LogP contribution in [0.2, 0.25) is 0 Å². The molecule has 1 aromatic rings. The van der Waals surface area contributed by atoms with Crippen molar-refractivity contribution in [3.05, 3.63) is 10.8 Å². The second-order valence-corrected chi connectivity index (χ2v) is 5.75. The highest BCUT2D eigenvalue weighted by Gasteiger charge is 2.30. The van der Waals surface area contributed by atoms with Crippen LogP contribution in [-0.2, 0) is 10.2 Å². The second-order valence-electron chi connectivity index (χ2n) is 3.46. The van der Waals surface area contributed by atoms with E-state index in [-0.39, 0.29) is 37.1 Å². The van der Waals surface area contributed by atoms with Crippen LogP contribution in [0.25, 0.3) is 0 Å². The van der Waals surface area contributed by atoms with Gasteiger partial charge >= 0.3 is 16.4 Å². The van der Waals surface area contributed by atoms with Gasteiger partial charge in [-0.2, -0.15) is 34.0 Å². The number of anilines is 1. The molecule has 0 saturated carbocycles. The molecule has 0 aromatic carbocycles. The van der Waals surface area contributed by atoms with Crippen LogP contribution in [0.15, 0.2) is 10.8 Å². The number of nitrogens with one attached hydrogen (secondary N) is 2. The molecule has 0 unspecified atom stereocenters. The fraction of sp³-hybridized carbons (Fsp3) is 0.500. The van der Waals surface area contributed by atoms with Crippen LogP contribution < -0.4 is 14.2 Å². The Balaban J connectivity index is 0.00000232. The number of aliphatic hydroxyl groups excluding tert-OH is 1. The number of nitrogens with zero attached hydrogens (tertiary/aromatic N) is 2. The SMILES string of the molecule is O=S(=O)(NCC(F)(F)F)Nc1ncnc(OCCO)c1Br.[B][BH3-]. The van der Waals surface area contributed by atoms with E-state index in [1.807, 2.05) is 0 Å². The highest BCUT2D eigenvalue weighted by molar-refractivity contribution is 9.10. The molecular weight excluding hydrogens is 407 g/mol. The van der Waals surface area contributed by atoms with E-state index >= 15 is 0 Å². The molecule has 0 aliphatic rings. The summed E-state index contributed by atoms with van der Waals surface area (Å²) in [4.78, 5) is 7.23. The van der Waals surface area contributed by atoms with Crippen molar-refractivity contribution < 1.29 is 31.4 Å². The normalized spacial score (nSPS) is 11.4. The van der Waals surface area contributed by atoms with Crippen molar-refractivity contribution in [1.29, 1.82) is 0 Å². The highest BCUT2D eigenvalue weighted by Crippen LogP contribution is 2.28. The minimum atomic E-state index is -4.69. The first kappa shape index (κ1) is 21.9. The lowest BCUT2D eigenvalue weighted by molar-refractivity contribution is -0.121. The van der Waals surface area contributed by atoms with E-state index < -0.39 is 22.9 Å². The number of hydrogen-bond acceptors (Lipinski definition) is 6. The molecule has 1 aromatic heterocycles. The summed E-state index contributed by atoms with van der Waals surface area (Å²) in [6.45, 7) is -2.13. The van der Waals surface area contributed by atoms with E-state index in [1.165, 1.54) is 4.72 Å². The van der Waals surface area contributed by atoms with Gasteiger partial charge < -0.3 is 9.84 Å². The Bertz CT molecular complexity index is 593. The van der Waals surface area contributed by atoms with Crippen LogP contribution in [0.3, 0.4) is 0 Å². The van der Waals surface area contributed by atoms with Gasteiger partial charge in [0, 0.05) is 0 Å². The maximum atomic E-state index is 12.0. The summed E-state index contributed by atoms with van der Waals surface area (Å²) < 4.78 is 66.9. The number of rotatable bonds is 7. The third kappa shape index (κ3) is 8.98. The lowest BCUT2D eigenvalue weighted by Gasteiger charge is -2.12. The minimum Gasteiger partial charge on any atom is -0.474 e. The molecule has 1 heterocycles. The zero-order chi connectivity index (χ0) is 18.1. The van der Waals surface area contributed by atoms with Crippen LogP contribution in [0.5, 0.6) is 5.88 Å². The van der Waals surface area contributed by atoms with Gasteiger partial charge in [0.15, 0.2) is 5.82 Å². The van der Waals surface area contributed by atoms with Gasteiger partial charge in [0.1, 0.15) is 24.0 Å². The molecule has 8 nitrogen and oxygen atoms in total. The summed E-state index contributed by atoms with van der Waals surface area (Å²) in [5.41, 5.74) is 0. The molecule has 0 bridgehead atoms. The Kier molecular flexibility index (Phi) is 9.49. The molecule has 0 fully saturated rings. The average Bonchev–Trinajstić information content (AvgIpc) is 2.48. The first-order valence-electron chi connectivity index (χ1n) is 5.23. The lowest BCUT2D eigenvalue weighted by atomic mass is 9.81. The van der Waals surface area contributed by atoms with Crippen LogP contribution in [0.4, 0.5) is 19.0 Å². The van der Waals surface area contributed by atoms with E-state index in [2.05, 4.69) is 25.9 Å². The summed E-state index contributed by atoms with van der Waals surface area (Å²) in [7, 11) is 0.527. The zero-order valence-corrected chi connectivity index (χ0v) is 13.2. The summed E-state index contributed by atoms with van der Waals surface area (Å²) >= 11 is 2.95. The quantitative estimate of drug-likeness (QED) is 0.481. The van der Waals surface area contributed by atoms with Crippen molar-refractivity contribution in [2.45, 2.75) is 6.18 Å². The van der Waals surface area contributed by atoms with Crippen molar-refractivity contribution in [3.63, 3.8) is 0 Å². The molecular formula is C8H13B2BrF3N4O4S-. The first-order valence-corrected chi connectivity index (χ1v) is 7.50. The molecule has 15 heteroatoms. The Morgan fingerprint density at radius 1 is 1.39 bits per heavy atom. The smallest absolute Gasteiger partial charge is 0.402 e. The topological polar surface area (TPSA) is 113 Å². The molecule has 0 saturated heterocycles. The number of hydrogen-bond donors (Lipinski definition) is 3. The predicted molar refractivity (Wildman–Crippen MR) is 84.6 cm³/mol. The number of aliphatic hydroxyl groups is 1. The maximum Gasteiger partial charge on any atom is 0.402 e. The molecule has 23 heavy (non-hydrogen) atoms. The summed E-state index contributed by atoms with van der Waals surface area (Å²) in [5.74, 6) is -0.389. The first-order chi connectivity index (χ1) is 10.6. The molecule has 130 valence electrons. The van der Waals surface area contributed by atoms with Gasteiger partial charge in [-0.15, -0.1) is 0 Å². The Morgan fingerprint density at radius 3 is 2.52 bits per heavy atom. The van der Waals surface area contributed by atoms with E-state index in [9.17, 15) is 21.6 Å². The minimum absolute atomic E-state index is 0.0177. The van der Waals surface area contributed by atoms with Gasteiger partial charge in [0.25, 0.3) is 0 Å². The largest absolute Gasteiger partial charge is 0.474 e. The van der Waals surface area contributed by atoms with Gasteiger partial charge in [-0.05, 0) is 15.9 Å². The van der Waals surface area contributed by atoms with Crippen molar-refractivity contribution in [2.75, 3.05) is 24.5 Å². The standard InChI is InChI=1S/C8H10BrF3N4O4S.B2H3/c9-5-6(13-4-14-7(5)20-2-1-17)16-21(18,19)15-3-8(10,11)12;1-2/h4,15,17H,1-3H2,(H,13,14,16);1H3/q;-1. The van der Waals surface area contributed by atoms with Crippen molar-refractivity contribution in [2.24, 2.45) is 0 Å². The third-order valence-electron chi connectivity index (χ3n) is 1.78. The summed E-state index contributed by atoms with van der Waals surface area (Å²) in [6.07, 6.45) is -3.74. The van der Waals surface area contributed by atoms with Crippen molar-refractivity contribution in [3.8, 4) is 5.88 Å². The number of ether oxygens (including phenoxy) is 1. The van der Waals surface area contributed by atoms with E-state index in [0.717, 1.165) is 6.33 Å². The number of halogens is 4. The van der Waals surface area contributed by atoms with E-state index in [1.54, 1.807) is 4.72 Å². The van der Waals surface area contributed by atoms with Crippen LogP contribution in [-0.4, -0.2) is 64.9 Å². The van der Waals surface area contributed by atoms with Gasteiger partial charge in [-0.1, -0.05) is 7.74 Å². The maximum absolute atomic E-state index is 12.0. The molecule has 2 radical (unpaired) electrons. The fourth-order valence-corrected chi connectivity index (χ4v) is 2.39. The molecule has 3 N–H and O–H groups in total. The monoisotopic (exact) mass is 419 g/mol. The average molecular weight is 420 g/mol. The van der Waals surface area contributed by atoms with Gasteiger partial charge in [0.05, 0.1) is 6.61 Å². The Hall–Kier alpha value is -1.05. The Labute approximate surface area is 141 Å². The number of aromatic nitrogens is 2. The van der Waals surface area contributed by atoms with E-state index in [4.69, 9.17) is 17.6 Å². The molecule has 0 spiro atoms. The third-order valence-corrected chi connectivity index (χ3v) is 3.48. The summed E-state index contributed by atoms with van der Waals surface area (Å²) in [5, 5.41) is 8.61. The van der Waals surface area contributed by atoms with Crippen molar-refractivity contribution >= 4 is 47.4 Å². The molecule has 0 amide bonds. The van der Waals surface area contributed by atoms with Crippen LogP contribution >= 0.6 is 15.9 Å². The van der Waals surface area contributed by atoms with Crippen LogP contribution in [0, 0.1) is 0 Å². The zero-order valence-electron chi connectivity index (χ0n) is 10.8. The van der Waals surface area contributed by atoms with Crippen molar-refractivity contribution in [1.82, 2.24) is 14.7 Å². The fourth-order valence-electron chi connectivity index (χ4n) is 1.01.